The average molecular weight is 462 g/mol. The van der Waals surface area contributed by atoms with Gasteiger partial charge in [-0.15, -0.1) is 0 Å². The molecule has 11 heteroatoms. The molecule has 0 spiro atoms. The maximum absolute atomic E-state index is 5.74. The van der Waals surface area contributed by atoms with Crippen LogP contribution in [0.4, 0.5) is 23.4 Å². The summed E-state index contributed by atoms with van der Waals surface area (Å²) >= 11 is 0. The Morgan fingerprint density at radius 3 is 2.85 bits per heavy atom. The number of anilines is 4. The predicted molar refractivity (Wildman–Crippen MR) is 128 cm³/mol. The van der Waals surface area contributed by atoms with Crippen LogP contribution in [0.5, 0.6) is 0 Å². The summed E-state index contributed by atoms with van der Waals surface area (Å²) in [5.41, 5.74) is 2.46. The molecule has 4 aromatic heterocycles. The molecule has 0 saturated carbocycles. The van der Waals surface area contributed by atoms with Gasteiger partial charge in [-0.2, -0.15) is 15.1 Å². The Labute approximate surface area is 197 Å². The number of hydrogen-bond acceptors (Lipinski definition) is 10. The van der Waals surface area contributed by atoms with Crippen LogP contribution >= 0.6 is 0 Å². The van der Waals surface area contributed by atoms with Crippen LogP contribution in [0.25, 0.3) is 11.4 Å². The van der Waals surface area contributed by atoms with Gasteiger partial charge in [0.2, 0.25) is 5.95 Å². The van der Waals surface area contributed by atoms with E-state index in [1.165, 1.54) is 0 Å². The summed E-state index contributed by atoms with van der Waals surface area (Å²) in [6.45, 7) is 3.97. The van der Waals surface area contributed by atoms with Gasteiger partial charge >= 0.3 is 0 Å². The molecule has 1 aliphatic heterocycles. The predicted octanol–water partition coefficient (Wildman–Crippen LogP) is 3.70. The summed E-state index contributed by atoms with van der Waals surface area (Å²) in [4.78, 5) is 16.1. The molecule has 0 aromatic carbocycles. The van der Waals surface area contributed by atoms with Crippen LogP contribution < -0.4 is 15.5 Å². The standard InChI is InChI=1S/C23H27N9O2/c1-15-12-22(30-29-15)26-21-14-20(25-9-11-33-2)27-23(28-21)32-10-5-7-18(32)19-13-17(31-34-19)16-6-3-4-8-24-16/h3-4,6,8,12-14,18H,5,7,9-11H2,1-2H3,(H3,25,26,27,28,29,30). The maximum atomic E-state index is 5.74. The third-order valence-corrected chi connectivity index (χ3v) is 5.58. The van der Waals surface area contributed by atoms with Gasteiger partial charge in [0.25, 0.3) is 0 Å². The van der Waals surface area contributed by atoms with E-state index in [-0.39, 0.29) is 6.04 Å². The van der Waals surface area contributed by atoms with Crippen LogP contribution in [0.15, 0.2) is 47.1 Å². The number of aromatic amines is 1. The SMILES string of the molecule is COCCNc1cc(Nc2cc(C)[nH]n2)nc(N2CCCC2c2cc(-c3ccccn3)no2)n1. The van der Waals surface area contributed by atoms with E-state index in [9.17, 15) is 0 Å². The van der Waals surface area contributed by atoms with Crippen molar-refractivity contribution in [2.45, 2.75) is 25.8 Å². The Morgan fingerprint density at radius 1 is 1.15 bits per heavy atom. The lowest BCUT2D eigenvalue weighted by Gasteiger charge is -2.23. The zero-order valence-corrected chi connectivity index (χ0v) is 19.2. The summed E-state index contributed by atoms with van der Waals surface area (Å²) in [7, 11) is 1.67. The second kappa shape index (κ2) is 9.87. The Balaban J connectivity index is 1.43. The highest BCUT2D eigenvalue weighted by atomic mass is 16.5. The topological polar surface area (TPSA) is 130 Å². The molecule has 34 heavy (non-hydrogen) atoms. The van der Waals surface area contributed by atoms with Crippen LogP contribution in [0.1, 0.15) is 30.3 Å². The lowest BCUT2D eigenvalue weighted by atomic mass is 10.1. The minimum Gasteiger partial charge on any atom is -0.383 e. The molecular formula is C23H27N9O2. The van der Waals surface area contributed by atoms with Gasteiger partial charge in [-0.3, -0.25) is 10.1 Å². The van der Waals surface area contributed by atoms with Gasteiger partial charge in [-0.05, 0) is 31.9 Å². The molecule has 1 fully saturated rings. The van der Waals surface area contributed by atoms with E-state index in [1.807, 2.05) is 43.3 Å². The molecule has 5 rings (SSSR count). The van der Waals surface area contributed by atoms with E-state index in [4.69, 9.17) is 19.2 Å². The van der Waals surface area contributed by atoms with Crippen LogP contribution in [-0.4, -0.2) is 57.1 Å². The van der Waals surface area contributed by atoms with Crippen molar-refractivity contribution in [3.63, 3.8) is 0 Å². The zero-order valence-electron chi connectivity index (χ0n) is 19.2. The molecule has 1 aliphatic rings. The fourth-order valence-corrected chi connectivity index (χ4v) is 4.00. The van der Waals surface area contributed by atoms with Crippen LogP contribution in [-0.2, 0) is 4.74 Å². The van der Waals surface area contributed by atoms with Crippen molar-refractivity contribution in [3.05, 3.63) is 54.0 Å². The van der Waals surface area contributed by atoms with E-state index in [0.717, 1.165) is 42.2 Å². The number of rotatable bonds is 9. The summed E-state index contributed by atoms with van der Waals surface area (Å²) in [5.74, 6) is 3.42. The van der Waals surface area contributed by atoms with Crippen molar-refractivity contribution in [2.24, 2.45) is 0 Å². The largest absolute Gasteiger partial charge is 0.383 e. The van der Waals surface area contributed by atoms with Crippen molar-refractivity contribution in [1.82, 2.24) is 30.3 Å². The number of ether oxygens (including phenoxy) is 1. The normalized spacial score (nSPS) is 15.6. The van der Waals surface area contributed by atoms with Crippen LogP contribution in [0, 0.1) is 6.92 Å². The van der Waals surface area contributed by atoms with Crippen molar-refractivity contribution in [1.29, 1.82) is 0 Å². The number of aromatic nitrogens is 6. The van der Waals surface area contributed by atoms with Gasteiger partial charge in [-0.25, -0.2) is 0 Å². The molecular weight excluding hydrogens is 434 g/mol. The fraction of sp³-hybridized carbons (Fsp3) is 0.348. The van der Waals surface area contributed by atoms with E-state index in [0.29, 0.717) is 36.6 Å². The molecule has 0 radical (unpaired) electrons. The lowest BCUT2D eigenvalue weighted by Crippen LogP contribution is -2.25. The lowest BCUT2D eigenvalue weighted by molar-refractivity contribution is 0.210. The van der Waals surface area contributed by atoms with E-state index in [1.54, 1.807) is 13.3 Å². The quantitative estimate of drug-likeness (QED) is 0.317. The van der Waals surface area contributed by atoms with Crippen molar-refractivity contribution < 1.29 is 9.26 Å². The molecule has 5 heterocycles. The summed E-state index contributed by atoms with van der Waals surface area (Å²) in [6, 6.07) is 11.5. The number of hydrogen-bond donors (Lipinski definition) is 3. The van der Waals surface area contributed by atoms with Gasteiger partial charge in [0.1, 0.15) is 17.3 Å². The van der Waals surface area contributed by atoms with Crippen LogP contribution in [0.3, 0.4) is 0 Å². The Kier molecular flexibility index (Phi) is 6.34. The molecule has 0 aliphatic carbocycles. The number of H-pyrrole nitrogens is 1. The number of aryl methyl sites for hydroxylation is 1. The van der Waals surface area contributed by atoms with Gasteiger partial charge in [-0.1, -0.05) is 11.2 Å². The molecule has 0 amide bonds. The first-order chi connectivity index (χ1) is 16.7. The van der Waals surface area contributed by atoms with Crippen molar-refractivity contribution >= 4 is 23.4 Å². The highest BCUT2D eigenvalue weighted by Gasteiger charge is 2.32. The van der Waals surface area contributed by atoms with Crippen molar-refractivity contribution in [3.8, 4) is 11.4 Å². The van der Waals surface area contributed by atoms with Gasteiger partial charge in [0.05, 0.1) is 18.3 Å². The summed E-state index contributed by atoms with van der Waals surface area (Å²) in [6.07, 6.45) is 3.66. The average Bonchev–Trinajstić information content (AvgIpc) is 3.60. The van der Waals surface area contributed by atoms with E-state index >= 15 is 0 Å². The third kappa shape index (κ3) is 4.84. The Morgan fingerprint density at radius 2 is 2.06 bits per heavy atom. The van der Waals surface area contributed by atoms with Gasteiger partial charge in [0.15, 0.2) is 11.6 Å². The highest BCUT2D eigenvalue weighted by molar-refractivity contribution is 5.60. The number of nitrogens with one attached hydrogen (secondary N) is 3. The van der Waals surface area contributed by atoms with E-state index in [2.05, 4.69) is 35.9 Å². The molecule has 1 saturated heterocycles. The monoisotopic (exact) mass is 461 g/mol. The van der Waals surface area contributed by atoms with Crippen LogP contribution in [0.2, 0.25) is 0 Å². The molecule has 3 N–H and O–H groups in total. The minimum atomic E-state index is -0.0142. The molecule has 4 aromatic rings. The fourth-order valence-electron chi connectivity index (χ4n) is 4.00. The minimum absolute atomic E-state index is 0.0142. The maximum Gasteiger partial charge on any atom is 0.229 e. The molecule has 11 nitrogen and oxygen atoms in total. The van der Waals surface area contributed by atoms with Gasteiger partial charge in [0, 0.05) is 50.3 Å². The van der Waals surface area contributed by atoms with Gasteiger partial charge < -0.3 is 24.8 Å². The summed E-state index contributed by atoms with van der Waals surface area (Å²) < 4.78 is 10.9. The zero-order chi connectivity index (χ0) is 23.3. The molecule has 176 valence electrons. The third-order valence-electron chi connectivity index (χ3n) is 5.58. The molecule has 1 unspecified atom stereocenters. The number of nitrogens with zero attached hydrogens (tertiary/aromatic N) is 6. The van der Waals surface area contributed by atoms with E-state index < -0.39 is 0 Å². The van der Waals surface area contributed by atoms with Crippen molar-refractivity contribution in [2.75, 3.05) is 42.3 Å². The smallest absolute Gasteiger partial charge is 0.229 e. The first-order valence-electron chi connectivity index (χ1n) is 11.2. The second-order valence-electron chi connectivity index (χ2n) is 8.10. The molecule has 0 bridgehead atoms. The second-order valence-corrected chi connectivity index (χ2v) is 8.10. The number of methoxy groups -OCH3 is 1. The Bertz CT molecular complexity index is 1220. The molecule has 1 atom stereocenters. The summed E-state index contributed by atoms with van der Waals surface area (Å²) in [5, 5.41) is 18.0. The Hall–Kier alpha value is -3.99. The number of pyridine rings is 1. The first kappa shape index (κ1) is 21.8. The highest BCUT2D eigenvalue weighted by Crippen LogP contribution is 2.36. The first-order valence-corrected chi connectivity index (χ1v) is 11.2.